The molecule has 2 N–H and O–H groups in total. The number of hydrogen-bond acceptors (Lipinski definition) is 7. The van der Waals surface area contributed by atoms with E-state index >= 15 is 0 Å². The van der Waals surface area contributed by atoms with Crippen LogP contribution in [-0.4, -0.2) is 66.5 Å². The van der Waals surface area contributed by atoms with Gasteiger partial charge in [0.1, 0.15) is 10.7 Å². The number of sulfonamides is 1. The molecule has 0 radical (unpaired) electrons. The van der Waals surface area contributed by atoms with Gasteiger partial charge in [-0.15, -0.1) is 0 Å². The average Bonchev–Trinajstić information content (AvgIpc) is 3.05. The number of aliphatic hydroxyl groups excluding tert-OH is 1. The number of fused-ring (bicyclic) bond motifs is 1. The molecule has 0 atom stereocenters. The van der Waals surface area contributed by atoms with E-state index in [-0.39, 0.29) is 16.9 Å². The highest BCUT2D eigenvalue weighted by molar-refractivity contribution is 7.89. The average molecular weight is 455 g/mol. The lowest BCUT2D eigenvalue weighted by Gasteiger charge is -2.31. The maximum absolute atomic E-state index is 12.6. The van der Waals surface area contributed by atoms with Gasteiger partial charge in [-0.05, 0) is 38.9 Å². The van der Waals surface area contributed by atoms with Crippen LogP contribution in [0.1, 0.15) is 24.1 Å². The Bertz CT molecular complexity index is 1020. The zero-order chi connectivity index (χ0) is 21.5. The largest absolute Gasteiger partial charge is 0.393 e. The summed E-state index contributed by atoms with van der Waals surface area (Å²) in [5.41, 5.74) is 2.28. The van der Waals surface area contributed by atoms with Crippen LogP contribution in [0.4, 0.5) is 5.82 Å². The molecule has 3 heterocycles. The molecule has 1 saturated carbocycles. The second-order valence-electron chi connectivity index (χ2n) is 8.32. The number of aliphatic hydroxyl groups is 1. The summed E-state index contributed by atoms with van der Waals surface area (Å²) in [5.74, 6) is 0.744. The summed E-state index contributed by atoms with van der Waals surface area (Å²) in [7, 11) is 0.339. The van der Waals surface area contributed by atoms with Gasteiger partial charge in [-0.2, -0.15) is 5.10 Å². The molecule has 2 aromatic heterocycles. The molecule has 0 bridgehead atoms. The van der Waals surface area contributed by atoms with Crippen molar-refractivity contribution in [3.8, 4) is 0 Å². The number of anilines is 1. The first-order valence-electron chi connectivity index (χ1n) is 9.99. The molecule has 0 unspecified atom stereocenters. The van der Waals surface area contributed by atoms with Crippen molar-refractivity contribution in [3.63, 3.8) is 0 Å². The van der Waals surface area contributed by atoms with Crippen LogP contribution >= 0.6 is 11.6 Å². The second-order valence-corrected chi connectivity index (χ2v) is 10.5. The predicted octanol–water partition coefficient (Wildman–Crippen LogP) is 1.06. The van der Waals surface area contributed by atoms with Crippen LogP contribution in [0.5, 0.6) is 0 Å². The first-order chi connectivity index (χ1) is 14.2. The van der Waals surface area contributed by atoms with Gasteiger partial charge in [0.2, 0.25) is 10.0 Å². The number of halogens is 1. The van der Waals surface area contributed by atoms with E-state index in [1.54, 1.807) is 0 Å². The Morgan fingerprint density at radius 3 is 2.73 bits per heavy atom. The molecule has 2 aromatic rings. The fraction of sp³-hybridized carbons (Fsp3) is 0.579. The molecule has 1 aliphatic carbocycles. The summed E-state index contributed by atoms with van der Waals surface area (Å²) >= 11 is 6.45. The van der Waals surface area contributed by atoms with Crippen molar-refractivity contribution in [1.29, 1.82) is 0 Å². The van der Waals surface area contributed by atoms with Crippen molar-refractivity contribution in [1.82, 2.24) is 24.4 Å². The van der Waals surface area contributed by atoms with E-state index in [0.29, 0.717) is 43.3 Å². The Morgan fingerprint density at radius 2 is 2.07 bits per heavy atom. The number of aromatic nitrogens is 3. The van der Waals surface area contributed by atoms with Gasteiger partial charge in [-0.1, -0.05) is 11.6 Å². The third-order valence-corrected chi connectivity index (χ3v) is 7.29. The maximum Gasteiger partial charge on any atom is 0.242 e. The zero-order valence-electron chi connectivity index (χ0n) is 17.1. The fourth-order valence-corrected chi connectivity index (χ4v) is 5.36. The molecular formula is C19H27ClN6O3S. The van der Waals surface area contributed by atoms with Gasteiger partial charge in [0.05, 0.1) is 36.1 Å². The van der Waals surface area contributed by atoms with E-state index < -0.39 is 10.0 Å². The number of rotatable bonds is 7. The highest BCUT2D eigenvalue weighted by Gasteiger charge is 2.29. The number of nitrogens with zero attached hydrogens (tertiary/aromatic N) is 5. The van der Waals surface area contributed by atoms with Crippen LogP contribution in [0.2, 0.25) is 5.02 Å². The van der Waals surface area contributed by atoms with Crippen LogP contribution in [-0.2, 0) is 29.7 Å². The van der Waals surface area contributed by atoms with Crippen LogP contribution in [0.15, 0.2) is 23.4 Å². The maximum atomic E-state index is 12.6. The lowest BCUT2D eigenvalue weighted by Crippen LogP contribution is -2.38. The van der Waals surface area contributed by atoms with Crippen molar-refractivity contribution in [2.75, 3.05) is 32.1 Å². The molecule has 0 saturated heterocycles. The van der Waals surface area contributed by atoms with Crippen molar-refractivity contribution < 1.29 is 13.5 Å². The zero-order valence-corrected chi connectivity index (χ0v) is 18.7. The van der Waals surface area contributed by atoms with Crippen LogP contribution in [0.3, 0.4) is 0 Å². The summed E-state index contributed by atoms with van der Waals surface area (Å²) in [5, 5.41) is 14.1. The standard InChI is InChI=1S/C19H27ClN6O3S/c1-24(2)11-14-9-22-26-4-3-25(12-18(14)26)19-17(20)7-16(10-21-19)30(28,29)23-8-13-5-15(27)6-13/h7,9-10,13,15,23,27H,3-6,8,11-12H2,1-2H3. The molecular weight excluding hydrogens is 428 g/mol. The van der Waals surface area contributed by atoms with Gasteiger partial charge < -0.3 is 14.9 Å². The highest BCUT2D eigenvalue weighted by Crippen LogP contribution is 2.30. The number of nitrogens with one attached hydrogen (secondary N) is 1. The minimum Gasteiger partial charge on any atom is -0.393 e. The first-order valence-corrected chi connectivity index (χ1v) is 11.9. The Balaban J connectivity index is 1.48. The van der Waals surface area contributed by atoms with Crippen molar-refractivity contribution >= 4 is 27.4 Å². The Labute approximate surface area is 181 Å². The van der Waals surface area contributed by atoms with Gasteiger partial charge in [-0.3, -0.25) is 4.68 Å². The van der Waals surface area contributed by atoms with E-state index in [1.165, 1.54) is 12.3 Å². The van der Waals surface area contributed by atoms with Gasteiger partial charge in [0.25, 0.3) is 0 Å². The SMILES string of the molecule is CN(C)Cc1cnn2c1CN(c1ncc(S(=O)(=O)NCC3CC(O)C3)cc1Cl)CC2. The Hall–Kier alpha value is -1.72. The summed E-state index contributed by atoms with van der Waals surface area (Å²) in [6, 6.07) is 1.45. The number of pyridine rings is 1. The fourth-order valence-electron chi connectivity index (χ4n) is 3.92. The smallest absolute Gasteiger partial charge is 0.242 e. The summed E-state index contributed by atoms with van der Waals surface area (Å²) in [6.45, 7) is 3.13. The molecule has 11 heteroatoms. The van der Waals surface area contributed by atoms with Crippen LogP contribution in [0, 0.1) is 5.92 Å². The van der Waals surface area contributed by atoms with E-state index in [0.717, 1.165) is 24.3 Å². The lowest BCUT2D eigenvalue weighted by molar-refractivity contribution is 0.0453. The van der Waals surface area contributed by atoms with Crippen molar-refractivity contribution in [2.24, 2.45) is 5.92 Å². The van der Waals surface area contributed by atoms with E-state index in [1.807, 2.05) is 25.0 Å². The van der Waals surface area contributed by atoms with E-state index in [4.69, 9.17) is 11.6 Å². The minimum atomic E-state index is -3.70. The summed E-state index contributed by atoms with van der Waals surface area (Å²) in [4.78, 5) is 8.58. The monoisotopic (exact) mass is 454 g/mol. The molecule has 164 valence electrons. The lowest BCUT2D eigenvalue weighted by atomic mass is 9.83. The first kappa shape index (κ1) is 21.5. The number of hydrogen-bond donors (Lipinski definition) is 2. The Kier molecular flexibility index (Phi) is 6.04. The second kappa shape index (κ2) is 8.43. The van der Waals surface area contributed by atoms with Gasteiger partial charge in [-0.25, -0.2) is 18.1 Å². The summed E-state index contributed by atoms with van der Waals surface area (Å²) in [6.07, 6.45) is 4.19. The van der Waals surface area contributed by atoms with E-state index in [9.17, 15) is 13.5 Å². The molecule has 30 heavy (non-hydrogen) atoms. The molecule has 2 aliphatic rings. The normalized spacial score (nSPS) is 21.6. The molecule has 0 amide bonds. The van der Waals surface area contributed by atoms with Crippen LogP contribution < -0.4 is 9.62 Å². The minimum absolute atomic E-state index is 0.0477. The van der Waals surface area contributed by atoms with Gasteiger partial charge in [0, 0.05) is 31.4 Å². The quantitative estimate of drug-likeness (QED) is 0.644. The topological polar surface area (TPSA) is 104 Å². The molecule has 0 spiro atoms. The van der Waals surface area contributed by atoms with Crippen LogP contribution in [0.25, 0.3) is 0 Å². The van der Waals surface area contributed by atoms with E-state index in [2.05, 4.69) is 24.6 Å². The summed E-state index contributed by atoms with van der Waals surface area (Å²) < 4.78 is 29.7. The van der Waals surface area contributed by atoms with Gasteiger partial charge >= 0.3 is 0 Å². The third-order valence-electron chi connectivity index (χ3n) is 5.62. The molecule has 4 rings (SSSR count). The van der Waals surface area contributed by atoms with Gasteiger partial charge in [0.15, 0.2) is 0 Å². The molecule has 1 aliphatic heterocycles. The third kappa shape index (κ3) is 4.47. The molecule has 0 aromatic carbocycles. The highest BCUT2D eigenvalue weighted by atomic mass is 35.5. The molecule has 1 fully saturated rings. The van der Waals surface area contributed by atoms with Crippen molar-refractivity contribution in [3.05, 3.63) is 34.7 Å². The van der Waals surface area contributed by atoms with Crippen molar-refractivity contribution in [2.45, 2.75) is 43.5 Å². The Morgan fingerprint density at radius 1 is 1.30 bits per heavy atom. The predicted molar refractivity (Wildman–Crippen MR) is 114 cm³/mol. The molecule has 9 nitrogen and oxygen atoms in total.